The van der Waals surface area contributed by atoms with E-state index in [4.69, 9.17) is 0 Å². The fourth-order valence-electron chi connectivity index (χ4n) is 1.56. The Balaban J connectivity index is 2.19. The highest BCUT2D eigenvalue weighted by atomic mass is 15.4. The molecule has 0 saturated heterocycles. The van der Waals surface area contributed by atoms with Gasteiger partial charge in [0.15, 0.2) is 17.0 Å². The highest BCUT2D eigenvalue weighted by Crippen LogP contribution is 2.14. The molecule has 2 rings (SSSR count). The molecule has 0 aliphatic heterocycles. The molecular weight excluding hydrogens is 218 g/mol. The lowest BCUT2D eigenvalue weighted by atomic mass is 10.4. The van der Waals surface area contributed by atoms with E-state index in [0.717, 1.165) is 36.6 Å². The Morgan fingerprint density at radius 1 is 1.35 bits per heavy atom. The van der Waals surface area contributed by atoms with Crippen LogP contribution >= 0.6 is 0 Å². The number of hydrogen-bond donors (Lipinski definition) is 2. The minimum absolute atomic E-state index is 0.739. The summed E-state index contributed by atoms with van der Waals surface area (Å²) in [5.74, 6) is 0.760. The Bertz CT molecular complexity index is 490. The summed E-state index contributed by atoms with van der Waals surface area (Å²) >= 11 is 0. The second-order valence-electron chi connectivity index (χ2n) is 4.18. The lowest BCUT2D eigenvalue weighted by Crippen LogP contribution is -3.06. The quantitative estimate of drug-likeness (QED) is 0.682. The summed E-state index contributed by atoms with van der Waals surface area (Å²) in [6.45, 7) is 4.65. The molecule has 0 aliphatic rings. The fraction of sp³-hybridized carbons (Fsp3) is 0.600. The zero-order chi connectivity index (χ0) is 12.3. The van der Waals surface area contributed by atoms with Crippen molar-refractivity contribution < 1.29 is 4.90 Å². The van der Waals surface area contributed by atoms with Gasteiger partial charge in [-0.05, 0) is 6.92 Å². The molecular formula is C10H18N7+. The van der Waals surface area contributed by atoms with E-state index in [0.29, 0.717) is 0 Å². The molecule has 0 saturated carbocycles. The van der Waals surface area contributed by atoms with E-state index in [-0.39, 0.29) is 0 Å². The lowest BCUT2D eigenvalue weighted by Gasteiger charge is -2.08. The number of aryl methyl sites for hydroxylation is 1. The third kappa shape index (κ3) is 2.50. The highest BCUT2D eigenvalue weighted by molar-refractivity contribution is 5.81. The summed E-state index contributed by atoms with van der Waals surface area (Å²) in [6.07, 6.45) is 1.54. The van der Waals surface area contributed by atoms with E-state index in [2.05, 4.69) is 39.7 Å². The van der Waals surface area contributed by atoms with E-state index >= 15 is 0 Å². The maximum absolute atomic E-state index is 4.20. The van der Waals surface area contributed by atoms with Gasteiger partial charge in [-0.2, -0.15) is 0 Å². The van der Waals surface area contributed by atoms with Crippen molar-refractivity contribution >= 4 is 17.0 Å². The molecule has 0 amide bonds. The van der Waals surface area contributed by atoms with Gasteiger partial charge in [0, 0.05) is 6.54 Å². The third-order valence-corrected chi connectivity index (χ3v) is 2.52. The van der Waals surface area contributed by atoms with Crippen molar-refractivity contribution in [2.75, 3.05) is 32.5 Å². The first kappa shape index (κ1) is 11.7. The van der Waals surface area contributed by atoms with Gasteiger partial charge < -0.3 is 10.2 Å². The van der Waals surface area contributed by atoms with Gasteiger partial charge in [-0.15, -0.1) is 5.10 Å². The van der Waals surface area contributed by atoms with Crippen LogP contribution in [0.2, 0.25) is 0 Å². The van der Waals surface area contributed by atoms with Crippen molar-refractivity contribution in [2.24, 2.45) is 0 Å². The van der Waals surface area contributed by atoms with Crippen molar-refractivity contribution in [2.45, 2.75) is 13.5 Å². The highest BCUT2D eigenvalue weighted by Gasteiger charge is 2.10. The molecule has 92 valence electrons. The van der Waals surface area contributed by atoms with Crippen LogP contribution in [-0.4, -0.2) is 52.1 Å². The van der Waals surface area contributed by atoms with Gasteiger partial charge in [0.2, 0.25) is 0 Å². The summed E-state index contributed by atoms with van der Waals surface area (Å²) in [5, 5.41) is 11.4. The van der Waals surface area contributed by atoms with Crippen molar-refractivity contribution in [3.05, 3.63) is 6.33 Å². The van der Waals surface area contributed by atoms with Gasteiger partial charge in [-0.25, -0.2) is 14.6 Å². The average molecular weight is 236 g/mol. The fourth-order valence-corrected chi connectivity index (χ4v) is 1.56. The first-order valence-corrected chi connectivity index (χ1v) is 5.79. The van der Waals surface area contributed by atoms with E-state index < -0.39 is 0 Å². The molecule has 0 spiro atoms. The zero-order valence-corrected chi connectivity index (χ0v) is 10.4. The van der Waals surface area contributed by atoms with Crippen LogP contribution in [0.5, 0.6) is 0 Å². The van der Waals surface area contributed by atoms with E-state index in [1.807, 2.05) is 6.92 Å². The summed E-state index contributed by atoms with van der Waals surface area (Å²) in [7, 11) is 4.23. The van der Waals surface area contributed by atoms with Crippen molar-refractivity contribution in [1.29, 1.82) is 0 Å². The molecule has 2 N–H and O–H groups in total. The maximum atomic E-state index is 4.20. The van der Waals surface area contributed by atoms with Crippen LogP contribution in [0.15, 0.2) is 6.33 Å². The van der Waals surface area contributed by atoms with Gasteiger partial charge in [0.05, 0.1) is 27.2 Å². The Morgan fingerprint density at radius 3 is 2.88 bits per heavy atom. The molecule has 0 bridgehead atoms. The van der Waals surface area contributed by atoms with Gasteiger partial charge in [-0.1, -0.05) is 5.21 Å². The standard InChI is InChI=1S/C10H17N7/c1-4-17-10-8(14-15-17)9(12-7-13-10)11-5-6-16(2)3/h7H,4-6H2,1-3H3,(H,11,12,13)/p+1. The Kier molecular flexibility index (Phi) is 3.48. The van der Waals surface area contributed by atoms with Crippen LogP contribution in [0.3, 0.4) is 0 Å². The normalized spacial score (nSPS) is 11.3. The van der Waals surface area contributed by atoms with Gasteiger partial charge >= 0.3 is 0 Å². The number of rotatable bonds is 5. The largest absolute Gasteiger partial charge is 0.362 e. The van der Waals surface area contributed by atoms with Crippen LogP contribution in [0, 0.1) is 0 Å². The number of hydrogen-bond acceptors (Lipinski definition) is 5. The molecule has 2 aromatic rings. The van der Waals surface area contributed by atoms with Crippen molar-refractivity contribution in [3.8, 4) is 0 Å². The van der Waals surface area contributed by atoms with Crippen molar-refractivity contribution in [1.82, 2.24) is 25.0 Å². The molecule has 0 aliphatic carbocycles. The molecule has 17 heavy (non-hydrogen) atoms. The Hall–Kier alpha value is -1.76. The summed E-state index contributed by atoms with van der Waals surface area (Å²) in [4.78, 5) is 9.79. The SMILES string of the molecule is CCn1nnc2c(NCC[NH+](C)C)ncnc21. The summed E-state index contributed by atoms with van der Waals surface area (Å²) < 4.78 is 1.76. The molecule has 0 unspecified atom stereocenters. The van der Waals surface area contributed by atoms with Crippen LogP contribution in [0.4, 0.5) is 5.82 Å². The minimum atomic E-state index is 0.739. The minimum Gasteiger partial charge on any atom is -0.362 e. The molecule has 0 atom stereocenters. The summed E-state index contributed by atoms with van der Waals surface area (Å²) in [6, 6.07) is 0. The van der Waals surface area contributed by atoms with Crippen LogP contribution in [0.1, 0.15) is 6.92 Å². The number of fused-ring (bicyclic) bond motifs is 1. The molecule has 0 fully saturated rings. The predicted molar refractivity (Wildman–Crippen MR) is 65.0 cm³/mol. The number of nitrogens with one attached hydrogen (secondary N) is 2. The van der Waals surface area contributed by atoms with Gasteiger partial charge in [-0.3, -0.25) is 0 Å². The molecule has 0 aromatic carbocycles. The van der Waals surface area contributed by atoms with Crippen LogP contribution in [0.25, 0.3) is 11.2 Å². The third-order valence-electron chi connectivity index (χ3n) is 2.52. The molecule has 0 radical (unpaired) electrons. The lowest BCUT2D eigenvalue weighted by molar-refractivity contribution is -0.856. The maximum Gasteiger partial charge on any atom is 0.183 e. The zero-order valence-electron chi connectivity index (χ0n) is 10.4. The predicted octanol–water partition coefficient (Wildman–Crippen LogP) is -1.20. The number of quaternary nitrogens is 1. The monoisotopic (exact) mass is 236 g/mol. The van der Waals surface area contributed by atoms with E-state index in [1.54, 1.807) is 11.0 Å². The second-order valence-corrected chi connectivity index (χ2v) is 4.18. The topological polar surface area (TPSA) is 73.0 Å². The first-order chi connectivity index (χ1) is 8.22. The second kappa shape index (κ2) is 5.05. The van der Waals surface area contributed by atoms with Crippen LogP contribution < -0.4 is 10.2 Å². The molecule has 7 nitrogen and oxygen atoms in total. The Morgan fingerprint density at radius 2 is 2.18 bits per heavy atom. The van der Waals surface area contributed by atoms with Gasteiger partial charge in [0.1, 0.15) is 6.33 Å². The first-order valence-electron chi connectivity index (χ1n) is 5.79. The van der Waals surface area contributed by atoms with Crippen LogP contribution in [-0.2, 0) is 6.54 Å². The smallest absolute Gasteiger partial charge is 0.183 e. The number of anilines is 1. The van der Waals surface area contributed by atoms with E-state index in [1.165, 1.54) is 4.90 Å². The molecule has 2 heterocycles. The summed E-state index contributed by atoms with van der Waals surface area (Å²) in [5.41, 5.74) is 1.52. The van der Waals surface area contributed by atoms with Crippen molar-refractivity contribution in [3.63, 3.8) is 0 Å². The number of likely N-dealkylation sites (N-methyl/N-ethyl adjacent to an activating group) is 1. The number of nitrogens with zero attached hydrogens (tertiary/aromatic N) is 5. The number of aromatic nitrogens is 5. The van der Waals surface area contributed by atoms with Gasteiger partial charge in [0.25, 0.3) is 0 Å². The Labute approximate surface area is 99.8 Å². The molecule has 2 aromatic heterocycles. The average Bonchev–Trinajstić information content (AvgIpc) is 2.72. The van der Waals surface area contributed by atoms with E-state index in [9.17, 15) is 0 Å². The molecule has 7 heteroatoms.